The summed E-state index contributed by atoms with van der Waals surface area (Å²) in [4.78, 5) is 22.2. The van der Waals surface area contributed by atoms with E-state index in [9.17, 15) is 4.79 Å². The van der Waals surface area contributed by atoms with E-state index in [1.54, 1.807) is 15.5 Å². The average molecular weight is 257 g/mol. The minimum atomic E-state index is 0.0372. The number of aryl methyl sites for hydroxylation is 2. The highest BCUT2D eigenvalue weighted by Crippen LogP contribution is 2.23. The molecule has 0 radical (unpaired) electrons. The molecule has 0 saturated carbocycles. The van der Waals surface area contributed by atoms with E-state index in [1.807, 2.05) is 19.9 Å². The fourth-order valence-electron chi connectivity index (χ4n) is 2.36. The molecule has 1 amide bonds. The fraction of sp³-hybridized carbons (Fsp3) is 0.385. The van der Waals surface area contributed by atoms with Crippen LogP contribution in [0.1, 0.15) is 17.8 Å². The SMILES string of the molecule is C=CC1CC(=O)N(c2nc3nc(C)cc(C)n3n2)C1. The zero-order valence-corrected chi connectivity index (χ0v) is 11.0. The Balaban J connectivity index is 2.04. The number of anilines is 1. The number of carbonyl (C=O) groups is 1. The molecule has 19 heavy (non-hydrogen) atoms. The number of carbonyl (C=O) groups excluding carboxylic acids is 1. The maximum Gasteiger partial charge on any atom is 0.254 e. The highest BCUT2D eigenvalue weighted by atomic mass is 16.2. The van der Waals surface area contributed by atoms with E-state index in [-0.39, 0.29) is 11.8 Å². The molecule has 1 aliphatic heterocycles. The van der Waals surface area contributed by atoms with Crippen molar-refractivity contribution in [3.8, 4) is 0 Å². The summed E-state index contributed by atoms with van der Waals surface area (Å²) in [6.45, 7) is 8.19. The van der Waals surface area contributed by atoms with Gasteiger partial charge in [0.25, 0.3) is 11.7 Å². The van der Waals surface area contributed by atoms with E-state index >= 15 is 0 Å². The van der Waals surface area contributed by atoms with Crippen molar-refractivity contribution < 1.29 is 4.79 Å². The summed E-state index contributed by atoms with van der Waals surface area (Å²) in [6, 6.07) is 1.93. The minimum Gasteiger partial charge on any atom is -0.279 e. The Morgan fingerprint density at radius 2 is 2.21 bits per heavy atom. The molecule has 6 nitrogen and oxygen atoms in total. The van der Waals surface area contributed by atoms with Gasteiger partial charge in [0, 0.05) is 30.3 Å². The Hall–Kier alpha value is -2.24. The van der Waals surface area contributed by atoms with Crippen LogP contribution in [0.15, 0.2) is 18.7 Å². The lowest BCUT2D eigenvalue weighted by Crippen LogP contribution is -2.25. The van der Waals surface area contributed by atoms with E-state index in [0.717, 1.165) is 11.4 Å². The molecule has 1 aliphatic rings. The third-order valence-corrected chi connectivity index (χ3v) is 3.34. The largest absolute Gasteiger partial charge is 0.279 e. The maximum absolute atomic E-state index is 11.9. The quantitative estimate of drug-likeness (QED) is 0.760. The normalized spacial score (nSPS) is 19.4. The lowest BCUT2D eigenvalue weighted by atomic mass is 10.1. The van der Waals surface area contributed by atoms with Crippen LogP contribution in [-0.2, 0) is 4.79 Å². The molecule has 1 saturated heterocycles. The number of fused-ring (bicyclic) bond motifs is 1. The van der Waals surface area contributed by atoms with Crippen LogP contribution in [0.2, 0.25) is 0 Å². The summed E-state index contributed by atoms with van der Waals surface area (Å²) in [7, 11) is 0. The van der Waals surface area contributed by atoms with Gasteiger partial charge >= 0.3 is 0 Å². The Morgan fingerprint density at radius 1 is 1.42 bits per heavy atom. The molecule has 0 N–H and O–H groups in total. The van der Waals surface area contributed by atoms with Crippen molar-refractivity contribution in [1.29, 1.82) is 0 Å². The zero-order chi connectivity index (χ0) is 13.6. The first-order valence-corrected chi connectivity index (χ1v) is 6.22. The van der Waals surface area contributed by atoms with Gasteiger partial charge in [-0.2, -0.15) is 9.50 Å². The monoisotopic (exact) mass is 257 g/mol. The third-order valence-electron chi connectivity index (χ3n) is 3.34. The Morgan fingerprint density at radius 3 is 2.89 bits per heavy atom. The summed E-state index contributed by atoms with van der Waals surface area (Å²) in [5, 5.41) is 4.37. The van der Waals surface area contributed by atoms with Crippen LogP contribution in [0.5, 0.6) is 0 Å². The molecule has 0 aliphatic carbocycles. The lowest BCUT2D eigenvalue weighted by molar-refractivity contribution is -0.117. The molecule has 3 heterocycles. The molecule has 3 rings (SSSR count). The van der Waals surface area contributed by atoms with Gasteiger partial charge in [0.1, 0.15) is 0 Å². The van der Waals surface area contributed by atoms with Crippen molar-refractivity contribution in [3.05, 3.63) is 30.1 Å². The summed E-state index contributed by atoms with van der Waals surface area (Å²) in [6.07, 6.45) is 2.28. The van der Waals surface area contributed by atoms with E-state index in [4.69, 9.17) is 0 Å². The first-order valence-electron chi connectivity index (χ1n) is 6.22. The molecular formula is C13H15N5O. The van der Waals surface area contributed by atoms with Crippen LogP contribution >= 0.6 is 0 Å². The Bertz CT molecular complexity index is 675. The molecule has 2 aromatic rings. The summed E-state index contributed by atoms with van der Waals surface area (Å²) >= 11 is 0. The lowest BCUT2D eigenvalue weighted by Gasteiger charge is -2.09. The van der Waals surface area contributed by atoms with Crippen molar-refractivity contribution in [2.24, 2.45) is 5.92 Å². The van der Waals surface area contributed by atoms with Crippen molar-refractivity contribution in [2.45, 2.75) is 20.3 Å². The van der Waals surface area contributed by atoms with E-state index < -0.39 is 0 Å². The van der Waals surface area contributed by atoms with Gasteiger partial charge in [-0.25, -0.2) is 4.98 Å². The second-order valence-corrected chi connectivity index (χ2v) is 4.87. The van der Waals surface area contributed by atoms with Gasteiger partial charge in [0.15, 0.2) is 0 Å². The van der Waals surface area contributed by atoms with Crippen molar-refractivity contribution in [2.75, 3.05) is 11.4 Å². The van der Waals surface area contributed by atoms with Crippen LogP contribution < -0.4 is 4.90 Å². The number of hydrogen-bond donors (Lipinski definition) is 0. The van der Waals surface area contributed by atoms with Gasteiger partial charge in [0.2, 0.25) is 5.91 Å². The van der Waals surface area contributed by atoms with Crippen LogP contribution in [0.25, 0.3) is 5.78 Å². The molecule has 0 aromatic carbocycles. The maximum atomic E-state index is 11.9. The Labute approximate surface area is 110 Å². The van der Waals surface area contributed by atoms with Crippen molar-refractivity contribution in [1.82, 2.24) is 19.6 Å². The van der Waals surface area contributed by atoms with Crippen LogP contribution in [0.4, 0.5) is 5.95 Å². The van der Waals surface area contributed by atoms with Gasteiger partial charge in [-0.05, 0) is 19.9 Å². The molecule has 1 atom stereocenters. The molecule has 98 valence electrons. The average Bonchev–Trinajstić information content (AvgIpc) is 2.92. The minimum absolute atomic E-state index is 0.0372. The first kappa shape index (κ1) is 11.8. The smallest absolute Gasteiger partial charge is 0.254 e. The predicted octanol–water partition coefficient (Wildman–Crippen LogP) is 1.28. The highest BCUT2D eigenvalue weighted by Gasteiger charge is 2.31. The number of aromatic nitrogens is 4. The van der Waals surface area contributed by atoms with Gasteiger partial charge < -0.3 is 0 Å². The third kappa shape index (κ3) is 1.89. The zero-order valence-electron chi connectivity index (χ0n) is 11.0. The highest BCUT2D eigenvalue weighted by molar-refractivity contribution is 5.94. The molecule has 1 fully saturated rings. The molecule has 2 aromatic heterocycles. The second kappa shape index (κ2) is 4.15. The van der Waals surface area contributed by atoms with Crippen molar-refractivity contribution >= 4 is 17.6 Å². The molecule has 0 bridgehead atoms. The van der Waals surface area contributed by atoms with Crippen LogP contribution in [0.3, 0.4) is 0 Å². The molecule has 0 spiro atoms. The molecule has 1 unspecified atom stereocenters. The van der Waals surface area contributed by atoms with Gasteiger partial charge in [-0.3, -0.25) is 9.69 Å². The number of rotatable bonds is 2. The predicted molar refractivity (Wildman–Crippen MR) is 70.9 cm³/mol. The van der Waals surface area contributed by atoms with Crippen molar-refractivity contribution in [3.63, 3.8) is 0 Å². The van der Waals surface area contributed by atoms with Crippen LogP contribution in [0, 0.1) is 19.8 Å². The summed E-state index contributed by atoms with van der Waals surface area (Å²) in [5.41, 5.74) is 1.84. The number of amides is 1. The molecular weight excluding hydrogens is 242 g/mol. The molecule has 6 heteroatoms. The van der Waals surface area contributed by atoms with E-state index in [2.05, 4.69) is 21.6 Å². The topological polar surface area (TPSA) is 63.4 Å². The second-order valence-electron chi connectivity index (χ2n) is 4.87. The van der Waals surface area contributed by atoms with Crippen LogP contribution in [-0.4, -0.2) is 32.0 Å². The number of hydrogen-bond acceptors (Lipinski definition) is 4. The first-order chi connectivity index (χ1) is 9.08. The summed E-state index contributed by atoms with van der Waals surface area (Å²) < 4.78 is 1.66. The van der Waals surface area contributed by atoms with Gasteiger partial charge in [-0.1, -0.05) is 6.08 Å². The Kier molecular flexibility index (Phi) is 2.58. The number of nitrogens with zero attached hydrogens (tertiary/aromatic N) is 5. The summed E-state index contributed by atoms with van der Waals surface area (Å²) in [5.74, 6) is 1.17. The fourth-order valence-corrected chi connectivity index (χ4v) is 2.36. The van der Waals surface area contributed by atoms with Gasteiger partial charge in [0.05, 0.1) is 0 Å². The van der Waals surface area contributed by atoms with E-state index in [1.165, 1.54) is 0 Å². The standard InChI is InChI=1S/C13H15N5O/c1-4-10-6-11(19)17(7-10)13-15-12-14-8(2)5-9(3)18(12)16-13/h4-5,10H,1,6-7H2,2-3H3. The van der Waals surface area contributed by atoms with E-state index in [0.29, 0.717) is 24.7 Å². The van der Waals surface area contributed by atoms with Gasteiger partial charge in [-0.15, -0.1) is 11.7 Å².